The number of nitrogens with one attached hydrogen (secondary N) is 4. The summed E-state index contributed by atoms with van der Waals surface area (Å²) in [6.45, 7) is 5.51. The first-order valence-electron chi connectivity index (χ1n) is 13.6. The molecule has 3 heterocycles. The van der Waals surface area contributed by atoms with Crippen LogP contribution < -0.4 is 21.6 Å². The van der Waals surface area contributed by atoms with Crippen LogP contribution in [0, 0.1) is 22.6 Å². The highest BCUT2D eigenvalue weighted by molar-refractivity contribution is 6.35. The van der Waals surface area contributed by atoms with Crippen LogP contribution in [0.1, 0.15) is 51.6 Å². The number of halogens is 2. The number of aromatic nitrogens is 1. The third-order valence-corrected chi connectivity index (χ3v) is 7.82. The van der Waals surface area contributed by atoms with E-state index in [0.717, 1.165) is 19.3 Å². The molecule has 1 aliphatic carbocycles. The number of nitriles is 1. The van der Waals surface area contributed by atoms with Crippen LogP contribution in [-0.2, 0) is 4.74 Å². The number of hydrazine groups is 2. The van der Waals surface area contributed by atoms with Gasteiger partial charge in [-0.05, 0) is 49.1 Å². The van der Waals surface area contributed by atoms with Gasteiger partial charge >= 0.3 is 0 Å². The molecule has 1 saturated carbocycles. The second kappa shape index (κ2) is 10.2. The minimum atomic E-state index is -1.52. The van der Waals surface area contributed by atoms with E-state index in [0.29, 0.717) is 63.4 Å². The van der Waals surface area contributed by atoms with Gasteiger partial charge in [-0.2, -0.15) is 5.26 Å². The fraction of sp³-hybridized carbons (Fsp3) is 0.379. The molecular weight excluding hydrogens is 517 g/mol. The maximum Gasteiger partial charge on any atom is 0.123 e. The molecule has 2 aliphatic heterocycles. The van der Waals surface area contributed by atoms with Crippen molar-refractivity contribution >= 4 is 33.9 Å². The number of rotatable bonds is 7. The van der Waals surface area contributed by atoms with Crippen LogP contribution in [0.4, 0.5) is 15.8 Å². The van der Waals surface area contributed by atoms with E-state index >= 15 is 0 Å². The van der Waals surface area contributed by atoms with Crippen molar-refractivity contribution in [2.45, 2.75) is 51.2 Å². The highest BCUT2D eigenvalue weighted by Gasteiger charge is 2.34. The second-order valence-electron chi connectivity index (χ2n) is 11.0. The van der Waals surface area contributed by atoms with Gasteiger partial charge in [0.2, 0.25) is 0 Å². The minimum absolute atomic E-state index is 0.0659. The van der Waals surface area contributed by atoms with Gasteiger partial charge in [0.1, 0.15) is 11.9 Å². The SMILES string of the molecule is [2H]C(Nc1cc(Cl)c2ncc(C#N)c(N[C@@H]3CCOCC3(C)C)c2c1)(C1=CN(C2CC2)NN1)c1ccc(F)cc1. The third-order valence-electron chi connectivity index (χ3n) is 7.53. The average Bonchev–Trinajstić information content (AvgIpc) is 3.65. The predicted molar refractivity (Wildman–Crippen MR) is 150 cm³/mol. The van der Waals surface area contributed by atoms with Gasteiger partial charge in [0.15, 0.2) is 0 Å². The first-order chi connectivity index (χ1) is 19.2. The second-order valence-corrected chi connectivity index (χ2v) is 11.4. The van der Waals surface area contributed by atoms with Crippen molar-refractivity contribution in [3.05, 3.63) is 76.5 Å². The van der Waals surface area contributed by atoms with E-state index in [1.54, 1.807) is 18.2 Å². The molecule has 0 spiro atoms. The third kappa shape index (κ3) is 5.20. The summed E-state index contributed by atoms with van der Waals surface area (Å²) < 4.78 is 29.2. The molecule has 4 N–H and O–H groups in total. The zero-order valence-corrected chi connectivity index (χ0v) is 22.6. The van der Waals surface area contributed by atoms with E-state index in [1.807, 2.05) is 17.3 Å². The van der Waals surface area contributed by atoms with E-state index in [2.05, 4.69) is 46.5 Å². The van der Waals surface area contributed by atoms with Crippen molar-refractivity contribution < 1.29 is 10.5 Å². The van der Waals surface area contributed by atoms with Crippen molar-refractivity contribution in [3.8, 4) is 6.07 Å². The van der Waals surface area contributed by atoms with Gasteiger partial charge in [-0.25, -0.2) is 4.39 Å². The van der Waals surface area contributed by atoms with E-state index in [1.165, 1.54) is 18.3 Å². The zero-order valence-electron chi connectivity index (χ0n) is 22.8. The lowest BCUT2D eigenvalue weighted by Gasteiger charge is -2.39. The van der Waals surface area contributed by atoms with Gasteiger partial charge in [-0.15, -0.1) is 5.53 Å². The number of nitrogens with zero attached hydrogens (tertiary/aromatic N) is 3. The lowest BCUT2D eigenvalue weighted by atomic mass is 9.81. The molecule has 1 saturated heterocycles. The zero-order chi connectivity index (χ0) is 28.1. The van der Waals surface area contributed by atoms with Crippen molar-refractivity contribution in [1.82, 2.24) is 21.0 Å². The Labute approximate surface area is 233 Å². The normalized spacial score (nSPS) is 22.3. The summed E-state index contributed by atoms with van der Waals surface area (Å²) in [5.74, 6) is -0.382. The molecule has 39 heavy (non-hydrogen) atoms. The Bertz CT molecular complexity index is 1520. The molecule has 8 nitrogen and oxygen atoms in total. The molecule has 202 valence electrons. The molecule has 1 unspecified atom stereocenters. The van der Waals surface area contributed by atoms with Crippen molar-refractivity contribution in [2.75, 3.05) is 23.8 Å². The monoisotopic (exact) mass is 548 g/mol. The van der Waals surface area contributed by atoms with Crippen LogP contribution >= 0.6 is 11.6 Å². The molecule has 2 aromatic carbocycles. The molecule has 0 bridgehead atoms. The molecule has 2 atom stereocenters. The number of ether oxygens (including phenoxy) is 1. The molecule has 0 amide bonds. The Balaban J connectivity index is 1.43. The maximum atomic E-state index is 13.8. The van der Waals surface area contributed by atoms with Crippen LogP contribution in [0.3, 0.4) is 0 Å². The van der Waals surface area contributed by atoms with Gasteiger partial charge in [-0.3, -0.25) is 9.99 Å². The van der Waals surface area contributed by atoms with Crippen molar-refractivity contribution in [1.29, 1.82) is 5.26 Å². The molecule has 0 radical (unpaired) electrons. The molecule has 3 aliphatic rings. The van der Waals surface area contributed by atoms with E-state index in [4.69, 9.17) is 16.3 Å². The quantitative estimate of drug-likeness (QED) is 0.303. The first-order valence-corrected chi connectivity index (χ1v) is 13.5. The van der Waals surface area contributed by atoms with Gasteiger partial charge in [0.05, 0.1) is 41.5 Å². The van der Waals surface area contributed by atoms with Crippen molar-refractivity contribution in [3.63, 3.8) is 0 Å². The maximum absolute atomic E-state index is 13.8. The number of anilines is 2. The summed E-state index contributed by atoms with van der Waals surface area (Å²) >= 11 is 6.76. The Kier molecular flexibility index (Phi) is 6.39. The standard InChI is InChI=1S/C29H31ClFN7O/c1-29(2)16-39-10-9-25(29)35-26-18(13-32)14-33-28-22(26)11-20(12-23(28)30)34-27(17-3-5-19(31)6-4-17)24-15-38(37-36-24)21-7-8-21/h3-6,11-12,14-15,21,25,27,34,36-37H,7-10,16H2,1-2H3,(H,33,35)/t25-,27?/m1/s1/i27D. The van der Waals surface area contributed by atoms with Crippen LogP contribution in [0.15, 0.2) is 54.5 Å². The fourth-order valence-corrected chi connectivity index (χ4v) is 5.37. The van der Waals surface area contributed by atoms with Gasteiger partial charge in [0, 0.05) is 47.6 Å². The largest absolute Gasteiger partial charge is 0.381 e. The smallest absolute Gasteiger partial charge is 0.123 e. The summed E-state index contributed by atoms with van der Waals surface area (Å²) in [6.07, 6.45) is 6.34. The van der Waals surface area contributed by atoms with Gasteiger partial charge in [0.25, 0.3) is 0 Å². The Morgan fingerprint density at radius 3 is 2.79 bits per heavy atom. The Morgan fingerprint density at radius 2 is 2.08 bits per heavy atom. The molecule has 3 aromatic rings. The Hall–Kier alpha value is -3.58. The summed E-state index contributed by atoms with van der Waals surface area (Å²) in [4.78, 5) is 4.48. The Morgan fingerprint density at radius 1 is 1.28 bits per heavy atom. The van der Waals surface area contributed by atoms with Gasteiger partial charge in [-0.1, -0.05) is 37.6 Å². The molecule has 6 rings (SSSR count). The molecule has 10 heteroatoms. The number of fused-ring (bicyclic) bond motifs is 1. The van der Waals surface area contributed by atoms with E-state index in [-0.39, 0.29) is 17.3 Å². The summed E-state index contributed by atoms with van der Waals surface area (Å²) in [6, 6.07) is 10.6. The van der Waals surface area contributed by atoms with Crippen LogP contribution in [0.25, 0.3) is 10.9 Å². The van der Waals surface area contributed by atoms with E-state index < -0.39 is 6.02 Å². The van der Waals surface area contributed by atoms with Crippen LogP contribution in [0.5, 0.6) is 0 Å². The van der Waals surface area contributed by atoms with Crippen LogP contribution in [0.2, 0.25) is 5.02 Å². The predicted octanol–water partition coefficient (Wildman–Crippen LogP) is 5.61. The van der Waals surface area contributed by atoms with E-state index in [9.17, 15) is 11.0 Å². The summed E-state index contributed by atoms with van der Waals surface area (Å²) in [5.41, 5.74) is 9.34. The number of benzene rings is 2. The number of hydrogen-bond donors (Lipinski definition) is 4. The average molecular weight is 549 g/mol. The van der Waals surface area contributed by atoms with Crippen LogP contribution in [-0.4, -0.2) is 35.3 Å². The molecule has 2 fully saturated rings. The number of pyridine rings is 1. The first kappa shape index (κ1) is 24.5. The molecular formula is C29H31ClFN7O. The highest BCUT2D eigenvalue weighted by atomic mass is 35.5. The minimum Gasteiger partial charge on any atom is -0.381 e. The topological polar surface area (TPSA) is 97.3 Å². The number of hydrogen-bond acceptors (Lipinski definition) is 8. The lowest BCUT2D eigenvalue weighted by Crippen LogP contribution is -2.44. The molecule has 1 aromatic heterocycles. The fourth-order valence-electron chi connectivity index (χ4n) is 5.10. The lowest BCUT2D eigenvalue weighted by molar-refractivity contribution is 0.00350. The van der Waals surface area contributed by atoms with Gasteiger partial charge < -0.3 is 20.8 Å². The summed E-state index contributed by atoms with van der Waals surface area (Å²) in [5, 5.41) is 19.9. The summed E-state index contributed by atoms with van der Waals surface area (Å²) in [7, 11) is 0. The highest BCUT2D eigenvalue weighted by Crippen LogP contribution is 2.39. The van der Waals surface area contributed by atoms with Crippen molar-refractivity contribution in [2.24, 2.45) is 5.41 Å².